The van der Waals surface area contributed by atoms with Crippen LogP contribution in [-0.2, 0) is 42.0 Å². The number of thioether (sulfide) groups is 1. The van der Waals surface area contributed by atoms with Crippen molar-refractivity contribution < 1.29 is 46.8 Å². The summed E-state index contributed by atoms with van der Waals surface area (Å²) in [6.07, 6.45) is -2.60. The molecule has 14 heteroatoms. The number of ether oxygens (including phenoxy) is 2. The molecule has 0 aliphatic carbocycles. The molecule has 0 aromatic rings. The summed E-state index contributed by atoms with van der Waals surface area (Å²) >= 11 is 1.11. The van der Waals surface area contributed by atoms with Crippen molar-refractivity contribution in [1.29, 1.82) is 0 Å². The summed E-state index contributed by atoms with van der Waals surface area (Å²) in [6, 6.07) is 0. The quantitative estimate of drug-likeness (QED) is 0.186. The number of hydrogen-bond donors (Lipinski definition) is 2. The molecule has 0 unspecified atom stereocenters. The van der Waals surface area contributed by atoms with E-state index in [4.69, 9.17) is 18.3 Å². The van der Waals surface area contributed by atoms with Crippen LogP contribution in [0.1, 0.15) is 41.0 Å². The second kappa shape index (κ2) is 13.1. The summed E-state index contributed by atoms with van der Waals surface area (Å²) in [4.78, 5) is 46.6. The van der Waals surface area contributed by atoms with Crippen LogP contribution in [0.15, 0.2) is 0 Å². The van der Waals surface area contributed by atoms with Gasteiger partial charge in [0.1, 0.15) is 0 Å². The number of phosphoric ester groups is 1. The first kappa shape index (κ1) is 28.4. The Bertz CT molecular complexity index is 731. The van der Waals surface area contributed by atoms with Crippen LogP contribution in [0, 0.1) is 5.41 Å². The molecule has 2 N–H and O–H groups in total. The molecule has 1 heterocycles. The van der Waals surface area contributed by atoms with E-state index in [1.165, 1.54) is 6.92 Å². The fourth-order valence-corrected chi connectivity index (χ4v) is 4.32. The summed E-state index contributed by atoms with van der Waals surface area (Å²) in [6.45, 7) is 7.54. The summed E-state index contributed by atoms with van der Waals surface area (Å²) in [5.74, 6) is -0.422. The Labute approximate surface area is 191 Å². The number of amides is 2. The minimum absolute atomic E-state index is 0.0140. The first-order valence-electron chi connectivity index (χ1n) is 9.93. The third kappa shape index (κ3) is 10.8. The van der Waals surface area contributed by atoms with Crippen molar-refractivity contribution >= 4 is 42.7 Å². The molecule has 2 amide bonds. The van der Waals surface area contributed by atoms with Gasteiger partial charge in [-0.05, 0) is 13.8 Å². The zero-order valence-electron chi connectivity index (χ0n) is 18.8. The van der Waals surface area contributed by atoms with E-state index in [2.05, 4.69) is 15.4 Å². The molecule has 32 heavy (non-hydrogen) atoms. The van der Waals surface area contributed by atoms with Gasteiger partial charge in [-0.2, -0.15) is 0 Å². The van der Waals surface area contributed by atoms with Crippen LogP contribution in [0.2, 0.25) is 0 Å². The number of carbonyl (C=O) groups excluding carboxylic acids is 4. The highest BCUT2D eigenvalue weighted by Gasteiger charge is 2.49. The lowest BCUT2D eigenvalue weighted by Crippen LogP contribution is -2.50. The zero-order valence-corrected chi connectivity index (χ0v) is 20.5. The van der Waals surface area contributed by atoms with Crippen LogP contribution in [0.3, 0.4) is 0 Å². The molecule has 0 spiro atoms. The van der Waals surface area contributed by atoms with E-state index in [-0.39, 0.29) is 30.6 Å². The molecule has 12 nitrogen and oxygen atoms in total. The molecule has 1 aliphatic rings. The molecule has 0 aromatic carbocycles. The van der Waals surface area contributed by atoms with Crippen LogP contribution in [-0.4, -0.2) is 67.5 Å². The van der Waals surface area contributed by atoms with Crippen molar-refractivity contribution in [2.24, 2.45) is 5.41 Å². The van der Waals surface area contributed by atoms with Gasteiger partial charge in [0.25, 0.3) is 0 Å². The van der Waals surface area contributed by atoms with Crippen molar-refractivity contribution in [3.8, 4) is 0 Å². The third-order valence-electron chi connectivity index (χ3n) is 3.88. The van der Waals surface area contributed by atoms with Gasteiger partial charge in [0.15, 0.2) is 11.2 Å². The Morgan fingerprint density at radius 1 is 1.19 bits per heavy atom. The summed E-state index contributed by atoms with van der Waals surface area (Å²) < 4.78 is 37.4. The fraction of sp³-hybridized carbons (Fsp3) is 0.778. The fourth-order valence-electron chi connectivity index (χ4n) is 2.32. The summed E-state index contributed by atoms with van der Waals surface area (Å²) in [5.41, 5.74) is -0.842. The van der Waals surface area contributed by atoms with Gasteiger partial charge in [-0.3, -0.25) is 23.4 Å². The van der Waals surface area contributed by atoms with E-state index in [0.717, 1.165) is 11.8 Å². The predicted octanol–water partition coefficient (Wildman–Crippen LogP) is 1.97. The van der Waals surface area contributed by atoms with Crippen LogP contribution in [0.4, 0.5) is 4.79 Å². The van der Waals surface area contributed by atoms with E-state index >= 15 is 0 Å². The molecule has 184 valence electrons. The standard InChI is InChI=1S/C18H31N2O10PS/c1-12(2)29-17(24)26-11-28-31(25)27-10-18(4,5)15(30-31)16(23)20-7-6-14(22)19-8-9-32-13(3)21/h12,15H,6-11H2,1-5H3,(H,19,22)(H,20,23)/t15-,31+/m0/s1. The van der Waals surface area contributed by atoms with Crippen molar-refractivity contribution in [2.75, 3.05) is 32.2 Å². The Kier molecular flexibility index (Phi) is 11.7. The zero-order chi connectivity index (χ0) is 24.4. The van der Waals surface area contributed by atoms with Crippen LogP contribution < -0.4 is 10.6 Å². The molecule has 2 atom stereocenters. The van der Waals surface area contributed by atoms with Gasteiger partial charge in [0.2, 0.25) is 18.6 Å². The average Bonchev–Trinajstić information content (AvgIpc) is 2.66. The molecule has 1 saturated heterocycles. The predicted molar refractivity (Wildman–Crippen MR) is 115 cm³/mol. The molecule has 0 bridgehead atoms. The molecular formula is C18H31N2O10PS. The number of nitrogens with one attached hydrogen (secondary N) is 2. The first-order valence-corrected chi connectivity index (χ1v) is 12.4. The van der Waals surface area contributed by atoms with Crippen LogP contribution >= 0.6 is 19.6 Å². The minimum atomic E-state index is -4.17. The smallest absolute Gasteiger partial charge is 0.432 e. The van der Waals surface area contributed by atoms with Gasteiger partial charge in [-0.15, -0.1) is 0 Å². The lowest BCUT2D eigenvalue weighted by atomic mass is 9.87. The van der Waals surface area contributed by atoms with E-state index in [0.29, 0.717) is 12.3 Å². The minimum Gasteiger partial charge on any atom is -0.432 e. The Morgan fingerprint density at radius 2 is 1.88 bits per heavy atom. The highest BCUT2D eigenvalue weighted by atomic mass is 32.2. The van der Waals surface area contributed by atoms with Crippen molar-refractivity contribution in [3.05, 3.63) is 0 Å². The molecule has 1 fully saturated rings. The molecule has 1 rings (SSSR count). The van der Waals surface area contributed by atoms with E-state index in [1.807, 2.05) is 0 Å². The molecular weight excluding hydrogens is 467 g/mol. The second-order valence-electron chi connectivity index (χ2n) is 7.73. The van der Waals surface area contributed by atoms with Crippen molar-refractivity contribution in [2.45, 2.75) is 53.2 Å². The normalized spacial score (nSPS) is 22.1. The highest BCUT2D eigenvalue weighted by molar-refractivity contribution is 8.13. The topological polar surface area (TPSA) is 156 Å². The molecule has 0 radical (unpaired) electrons. The summed E-state index contributed by atoms with van der Waals surface area (Å²) in [5, 5.41) is 5.16. The number of phosphoric acid groups is 1. The highest BCUT2D eigenvalue weighted by Crippen LogP contribution is 2.57. The number of rotatable bonds is 11. The van der Waals surface area contributed by atoms with E-state index in [1.54, 1.807) is 27.7 Å². The van der Waals surface area contributed by atoms with Crippen molar-refractivity contribution in [3.63, 3.8) is 0 Å². The SMILES string of the molecule is CC(=O)SCCNC(=O)CCNC(=O)[C@@H]1O[P@@](=O)(OCOC(=O)OC(C)C)OCC1(C)C. The maximum absolute atomic E-state index is 12.6. The van der Waals surface area contributed by atoms with Gasteiger partial charge in [0, 0.05) is 37.6 Å². The van der Waals surface area contributed by atoms with E-state index in [9.17, 15) is 23.7 Å². The largest absolute Gasteiger partial charge is 0.510 e. The van der Waals surface area contributed by atoms with Gasteiger partial charge in [-0.25, -0.2) is 13.9 Å². The number of hydrogen-bond acceptors (Lipinski definition) is 11. The second-order valence-corrected chi connectivity index (χ2v) is 10.6. The maximum atomic E-state index is 12.6. The Hall–Kier alpha value is -1.66. The number of carbonyl (C=O) groups is 4. The van der Waals surface area contributed by atoms with Gasteiger partial charge >= 0.3 is 14.0 Å². The molecule has 1 aliphatic heterocycles. The van der Waals surface area contributed by atoms with E-state index < -0.39 is 44.3 Å². The lowest BCUT2D eigenvalue weighted by molar-refractivity contribution is -0.143. The Balaban J connectivity index is 2.48. The van der Waals surface area contributed by atoms with Crippen LogP contribution in [0.25, 0.3) is 0 Å². The lowest BCUT2D eigenvalue weighted by Gasteiger charge is -2.39. The van der Waals surface area contributed by atoms with Crippen LogP contribution in [0.5, 0.6) is 0 Å². The van der Waals surface area contributed by atoms with Crippen molar-refractivity contribution in [1.82, 2.24) is 10.6 Å². The van der Waals surface area contributed by atoms with Gasteiger partial charge < -0.3 is 20.1 Å². The van der Waals surface area contributed by atoms with Gasteiger partial charge in [0.05, 0.1) is 12.7 Å². The Morgan fingerprint density at radius 3 is 2.50 bits per heavy atom. The first-order chi connectivity index (χ1) is 14.8. The molecule has 0 saturated carbocycles. The summed E-state index contributed by atoms with van der Waals surface area (Å²) in [7, 11) is -4.17. The monoisotopic (exact) mass is 498 g/mol. The third-order valence-corrected chi connectivity index (χ3v) is 6.03. The van der Waals surface area contributed by atoms with Gasteiger partial charge in [-0.1, -0.05) is 25.6 Å². The maximum Gasteiger partial charge on any atom is 0.510 e. The average molecular weight is 498 g/mol. The molecule has 0 aromatic heterocycles.